The number of rotatable bonds is 2. The Hall–Kier alpha value is -1.16. The summed E-state index contributed by atoms with van der Waals surface area (Å²) in [6, 6.07) is 0. The van der Waals surface area contributed by atoms with E-state index in [1.165, 1.54) is 0 Å². The maximum Gasteiger partial charge on any atom is 0.114 e. The van der Waals surface area contributed by atoms with Gasteiger partial charge in [0.1, 0.15) is 5.76 Å². The Morgan fingerprint density at radius 1 is 1.45 bits per heavy atom. The highest BCUT2D eigenvalue weighted by atomic mass is 16.5. The molecule has 1 heteroatoms. The van der Waals surface area contributed by atoms with Gasteiger partial charge in [0.2, 0.25) is 0 Å². The molecule has 0 aromatic rings. The lowest BCUT2D eigenvalue weighted by Crippen LogP contribution is -1.77. The lowest BCUT2D eigenvalue weighted by atomic mass is 10.4. The minimum Gasteiger partial charge on any atom is -0.497 e. The second kappa shape index (κ2) is 11.6. The number of hydrogen-bond donors (Lipinski definition) is 0. The third-order valence-corrected chi connectivity index (χ3v) is 0.851. The molecule has 0 bridgehead atoms. The second-order valence-electron chi connectivity index (χ2n) is 1.68. The quantitative estimate of drug-likeness (QED) is 0.336. The molecule has 0 aliphatic rings. The fraction of sp³-hybridized carbons (Fsp3) is 0.400. The van der Waals surface area contributed by atoms with Crippen molar-refractivity contribution in [2.75, 3.05) is 7.11 Å². The molecule has 0 saturated heterocycles. The summed E-state index contributed by atoms with van der Waals surface area (Å²) in [6.45, 7) is 5.56. The van der Waals surface area contributed by atoms with Crippen LogP contribution in [0.5, 0.6) is 0 Å². The van der Waals surface area contributed by atoms with Crippen LogP contribution in [0.3, 0.4) is 0 Å². The van der Waals surface area contributed by atoms with Gasteiger partial charge in [0.05, 0.1) is 7.11 Å². The Morgan fingerprint density at radius 3 is 2.00 bits per heavy atom. The van der Waals surface area contributed by atoms with Gasteiger partial charge in [-0.2, -0.15) is 0 Å². The van der Waals surface area contributed by atoms with Crippen LogP contribution in [0.4, 0.5) is 0 Å². The van der Waals surface area contributed by atoms with Gasteiger partial charge in [0.15, 0.2) is 0 Å². The minimum atomic E-state index is 0.910. The summed E-state index contributed by atoms with van der Waals surface area (Å²) < 4.78 is 4.91. The molecular formula is C10H16O. The first-order chi connectivity index (χ1) is 5.26. The highest BCUT2D eigenvalue weighted by Crippen LogP contribution is 1.94. The third-order valence-electron chi connectivity index (χ3n) is 0.851. The maximum atomic E-state index is 4.91. The summed E-state index contributed by atoms with van der Waals surface area (Å²) in [7, 11) is 1.66. The van der Waals surface area contributed by atoms with Crippen molar-refractivity contribution >= 4 is 0 Å². The van der Waals surface area contributed by atoms with E-state index in [1.54, 1.807) is 14.0 Å². The van der Waals surface area contributed by atoms with Gasteiger partial charge in [0.25, 0.3) is 0 Å². The van der Waals surface area contributed by atoms with Gasteiger partial charge in [-0.25, -0.2) is 0 Å². The fourth-order valence-corrected chi connectivity index (χ4v) is 0.446. The van der Waals surface area contributed by atoms with Crippen LogP contribution in [0.1, 0.15) is 20.8 Å². The van der Waals surface area contributed by atoms with Crippen LogP contribution >= 0.6 is 0 Å². The predicted octanol–water partition coefficient (Wildman–Crippen LogP) is 2.75. The van der Waals surface area contributed by atoms with Crippen molar-refractivity contribution in [2.45, 2.75) is 20.8 Å². The van der Waals surface area contributed by atoms with E-state index in [0.29, 0.717) is 0 Å². The zero-order valence-electron chi connectivity index (χ0n) is 7.72. The van der Waals surface area contributed by atoms with Crippen molar-refractivity contribution in [3.8, 4) is 12.3 Å². The Labute approximate surface area is 69.8 Å². The van der Waals surface area contributed by atoms with Gasteiger partial charge in [-0.05, 0) is 32.9 Å². The summed E-state index contributed by atoms with van der Waals surface area (Å²) in [5.41, 5.74) is 0. The van der Waals surface area contributed by atoms with Gasteiger partial charge < -0.3 is 4.74 Å². The van der Waals surface area contributed by atoms with Crippen molar-refractivity contribution in [1.29, 1.82) is 0 Å². The lowest BCUT2D eigenvalue weighted by Gasteiger charge is -1.94. The van der Waals surface area contributed by atoms with Crippen LogP contribution in [-0.2, 0) is 4.74 Å². The van der Waals surface area contributed by atoms with Crippen molar-refractivity contribution in [3.63, 3.8) is 0 Å². The predicted molar refractivity (Wildman–Crippen MR) is 50.1 cm³/mol. The van der Waals surface area contributed by atoms with Gasteiger partial charge in [0, 0.05) is 0 Å². The van der Waals surface area contributed by atoms with E-state index in [-0.39, 0.29) is 0 Å². The molecule has 0 aliphatic heterocycles. The van der Waals surface area contributed by atoms with Crippen LogP contribution in [0.15, 0.2) is 24.0 Å². The molecule has 0 amide bonds. The largest absolute Gasteiger partial charge is 0.497 e. The van der Waals surface area contributed by atoms with Crippen molar-refractivity contribution in [3.05, 3.63) is 24.0 Å². The highest BCUT2D eigenvalue weighted by Gasteiger charge is 1.79. The van der Waals surface area contributed by atoms with Crippen LogP contribution in [0.2, 0.25) is 0 Å². The van der Waals surface area contributed by atoms with Gasteiger partial charge in [-0.15, -0.1) is 12.3 Å². The van der Waals surface area contributed by atoms with E-state index in [4.69, 9.17) is 4.74 Å². The van der Waals surface area contributed by atoms with Crippen molar-refractivity contribution < 1.29 is 4.74 Å². The standard InChI is InChI=1S/C7H12O.C3H4/c1-4-6-7(5-2)8-3;1-3-2/h4-6H,1-3H3;1H,2H3/b6-4-,7-5+;. The highest BCUT2D eigenvalue weighted by molar-refractivity contribution is 5.09. The summed E-state index contributed by atoms with van der Waals surface area (Å²) in [6.07, 6.45) is 10.4. The molecule has 62 valence electrons. The van der Waals surface area contributed by atoms with E-state index >= 15 is 0 Å². The Morgan fingerprint density at radius 2 is 1.91 bits per heavy atom. The average Bonchev–Trinajstić information content (AvgIpc) is 2.02. The first-order valence-electron chi connectivity index (χ1n) is 3.47. The Kier molecular flexibility index (Phi) is 13.2. The molecule has 0 saturated carbocycles. The summed E-state index contributed by atoms with van der Waals surface area (Å²) in [5, 5.41) is 0. The molecule has 0 N–H and O–H groups in total. The van der Waals surface area contributed by atoms with Gasteiger partial charge in [-0.3, -0.25) is 0 Å². The summed E-state index contributed by atoms with van der Waals surface area (Å²) in [4.78, 5) is 0. The lowest BCUT2D eigenvalue weighted by molar-refractivity contribution is 0.306. The van der Waals surface area contributed by atoms with E-state index in [2.05, 4.69) is 12.3 Å². The molecule has 0 spiro atoms. The van der Waals surface area contributed by atoms with Gasteiger partial charge >= 0.3 is 0 Å². The smallest absolute Gasteiger partial charge is 0.114 e. The SMILES string of the molecule is C#CC.C/C=C\C(=C/C)OC. The van der Waals surface area contributed by atoms with Crippen LogP contribution in [0, 0.1) is 12.3 Å². The maximum absolute atomic E-state index is 4.91. The molecule has 0 atom stereocenters. The third kappa shape index (κ3) is 12.1. The minimum absolute atomic E-state index is 0.910. The van der Waals surface area contributed by atoms with Crippen LogP contribution in [-0.4, -0.2) is 7.11 Å². The molecule has 0 aromatic heterocycles. The molecule has 0 fully saturated rings. The first kappa shape index (κ1) is 12.5. The number of methoxy groups -OCH3 is 1. The average molecular weight is 152 g/mol. The zero-order chi connectivity index (χ0) is 9.11. The summed E-state index contributed by atoms with van der Waals surface area (Å²) in [5.74, 6) is 3.16. The molecule has 0 unspecified atom stereocenters. The number of ether oxygens (including phenoxy) is 1. The number of terminal acetylenes is 1. The zero-order valence-corrected chi connectivity index (χ0v) is 7.72. The van der Waals surface area contributed by atoms with Gasteiger partial charge in [-0.1, -0.05) is 6.08 Å². The molecular weight excluding hydrogens is 136 g/mol. The molecule has 0 heterocycles. The Balaban J connectivity index is 0. The molecule has 11 heavy (non-hydrogen) atoms. The molecule has 0 rings (SSSR count). The topological polar surface area (TPSA) is 9.23 Å². The first-order valence-corrected chi connectivity index (χ1v) is 3.47. The normalized spacial score (nSPS) is 9.91. The fourth-order valence-electron chi connectivity index (χ4n) is 0.446. The van der Waals surface area contributed by atoms with E-state index < -0.39 is 0 Å². The van der Waals surface area contributed by atoms with Crippen LogP contribution < -0.4 is 0 Å². The molecule has 0 aromatic carbocycles. The number of hydrogen-bond acceptors (Lipinski definition) is 1. The van der Waals surface area contributed by atoms with E-state index in [0.717, 1.165) is 5.76 Å². The number of allylic oxidation sites excluding steroid dienone is 3. The molecule has 1 nitrogen and oxygen atoms in total. The molecule has 0 aliphatic carbocycles. The molecule has 0 radical (unpaired) electrons. The monoisotopic (exact) mass is 152 g/mol. The van der Waals surface area contributed by atoms with Crippen molar-refractivity contribution in [1.82, 2.24) is 0 Å². The van der Waals surface area contributed by atoms with Crippen LogP contribution in [0.25, 0.3) is 0 Å². The Bertz CT molecular complexity index is 155. The van der Waals surface area contributed by atoms with Crippen molar-refractivity contribution in [2.24, 2.45) is 0 Å². The second-order valence-corrected chi connectivity index (χ2v) is 1.68. The van der Waals surface area contributed by atoms with E-state index in [1.807, 2.05) is 32.1 Å². The van der Waals surface area contributed by atoms with E-state index in [9.17, 15) is 0 Å². The summed E-state index contributed by atoms with van der Waals surface area (Å²) >= 11 is 0.